The topological polar surface area (TPSA) is 160 Å². The van der Waals surface area contributed by atoms with Crippen molar-refractivity contribution in [2.45, 2.75) is 25.4 Å². The Hall–Kier alpha value is -2.65. The van der Waals surface area contributed by atoms with Crippen molar-refractivity contribution in [2.75, 3.05) is 0 Å². The van der Waals surface area contributed by atoms with E-state index in [0.29, 0.717) is 0 Å². The Bertz CT molecular complexity index is 446. The normalized spacial score (nSPS) is 11.6. The monoisotopic (exact) mass is 271 g/mol. The van der Waals surface area contributed by atoms with Gasteiger partial charge in [0.25, 0.3) is 0 Å². The van der Waals surface area contributed by atoms with E-state index in [1.807, 2.05) is 0 Å². The molecule has 1 aromatic rings. The van der Waals surface area contributed by atoms with E-state index in [-0.39, 0.29) is 25.2 Å². The summed E-state index contributed by atoms with van der Waals surface area (Å²) < 4.78 is 4.45. The van der Waals surface area contributed by atoms with E-state index in [2.05, 4.69) is 25.3 Å². The molecular formula is C9H13N5O5. The molecule has 0 aliphatic carbocycles. The molecule has 0 saturated heterocycles. The van der Waals surface area contributed by atoms with Crippen LogP contribution in [0, 0.1) is 0 Å². The first kappa shape index (κ1) is 14.4. The van der Waals surface area contributed by atoms with Crippen LogP contribution < -0.4 is 16.4 Å². The molecular weight excluding hydrogens is 258 g/mol. The zero-order chi connectivity index (χ0) is 14.3. The number of carbonyl (C=O) groups excluding carboxylic acids is 2. The lowest BCUT2D eigenvalue weighted by Gasteiger charge is -2.13. The lowest BCUT2D eigenvalue weighted by Crippen LogP contribution is -2.46. The van der Waals surface area contributed by atoms with Crippen LogP contribution in [-0.2, 0) is 16.1 Å². The molecule has 3 amide bonds. The van der Waals surface area contributed by atoms with Crippen LogP contribution in [0.1, 0.15) is 18.7 Å². The number of nitrogens with one attached hydrogen (secondary N) is 2. The van der Waals surface area contributed by atoms with Gasteiger partial charge < -0.3 is 26.0 Å². The number of hydrogen-bond donors (Lipinski definition) is 4. The Kier molecular flexibility index (Phi) is 5.26. The van der Waals surface area contributed by atoms with Crippen LogP contribution >= 0.6 is 0 Å². The van der Waals surface area contributed by atoms with E-state index in [1.165, 1.54) is 0 Å². The van der Waals surface area contributed by atoms with E-state index in [0.717, 1.165) is 6.39 Å². The van der Waals surface area contributed by atoms with Crippen molar-refractivity contribution in [3.05, 3.63) is 12.2 Å². The fraction of sp³-hybridized carbons (Fsp3) is 0.444. The second kappa shape index (κ2) is 6.93. The predicted octanol–water partition coefficient (Wildman–Crippen LogP) is -1.41. The van der Waals surface area contributed by atoms with Crippen molar-refractivity contribution in [1.82, 2.24) is 20.8 Å². The summed E-state index contributed by atoms with van der Waals surface area (Å²) in [6.07, 6.45) is 0.879. The fourth-order valence-electron chi connectivity index (χ4n) is 1.18. The maximum Gasteiger partial charge on any atom is 0.326 e. The molecule has 0 saturated carbocycles. The van der Waals surface area contributed by atoms with Crippen LogP contribution in [0.15, 0.2) is 10.9 Å². The number of urea groups is 1. The summed E-state index contributed by atoms with van der Waals surface area (Å²) in [5, 5.41) is 16.8. The van der Waals surface area contributed by atoms with Gasteiger partial charge in [0.15, 0.2) is 5.82 Å². The minimum atomic E-state index is -1.25. The molecule has 104 valence electrons. The number of nitrogens with zero attached hydrogens (tertiary/aromatic N) is 2. The molecule has 10 heteroatoms. The third-order valence-corrected chi connectivity index (χ3v) is 2.10. The Labute approximate surface area is 107 Å². The Balaban J connectivity index is 2.38. The largest absolute Gasteiger partial charge is 0.480 e. The van der Waals surface area contributed by atoms with Gasteiger partial charge in [-0.15, -0.1) is 0 Å². The first-order valence-corrected chi connectivity index (χ1v) is 5.29. The molecule has 0 unspecified atom stereocenters. The zero-order valence-corrected chi connectivity index (χ0v) is 9.83. The van der Waals surface area contributed by atoms with Gasteiger partial charge in [-0.05, 0) is 6.42 Å². The quantitative estimate of drug-likeness (QED) is 0.473. The highest BCUT2D eigenvalue weighted by Crippen LogP contribution is 1.97. The number of aliphatic carboxylic acids is 1. The number of primary amides is 1. The molecule has 1 atom stereocenters. The summed E-state index contributed by atoms with van der Waals surface area (Å²) in [6, 6.07) is -1.92. The van der Waals surface area contributed by atoms with Crippen LogP contribution in [0.2, 0.25) is 0 Å². The highest BCUT2D eigenvalue weighted by molar-refractivity contribution is 5.83. The van der Waals surface area contributed by atoms with Crippen molar-refractivity contribution >= 4 is 17.9 Å². The Morgan fingerprint density at radius 2 is 2.21 bits per heavy atom. The molecule has 0 spiro atoms. The Morgan fingerprint density at radius 1 is 1.47 bits per heavy atom. The fourth-order valence-corrected chi connectivity index (χ4v) is 1.18. The first-order chi connectivity index (χ1) is 8.99. The molecule has 0 aromatic carbocycles. The van der Waals surface area contributed by atoms with Gasteiger partial charge in [0, 0.05) is 6.42 Å². The molecule has 0 aliphatic rings. The number of hydrogen-bond acceptors (Lipinski definition) is 6. The Morgan fingerprint density at radius 3 is 2.74 bits per heavy atom. The van der Waals surface area contributed by atoms with Crippen LogP contribution in [0.5, 0.6) is 0 Å². The third kappa shape index (κ3) is 5.48. The highest BCUT2D eigenvalue weighted by Gasteiger charge is 2.20. The van der Waals surface area contributed by atoms with Crippen LogP contribution in [0.25, 0.3) is 0 Å². The number of carboxylic acid groups (broad SMARTS) is 1. The van der Waals surface area contributed by atoms with Crippen LogP contribution in [0.4, 0.5) is 4.79 Å². The maximum absolute atomic E-state index is 11.4. The lowest BCUT2D eigenvalue weighted by molar-refractivity contribution is -0.139. The minimum Gasteiger partial charge on any atom is -0.480 e. The summed E-state index contributed by atoms with van der Waals surface area (Å²) in [7, 11) is 0. The van der Waals surface area contributed by atoms with Gasteiger partial charge in [0.1, 0.15) is 6.04 Å². The average Bonchev–Trinajstić information content (AvgIpc) is 2.84. The highest BCUT2D eigenvalue weighted by atomic mass is 16.5. The second-order valence-corrected chi connectivity index (χ2v) is 3.57. The number of rotatable bonds is 7. The van der Waals surface area contributed by atoms with Crippen LogP contribution in [0.3, 0.4) is 0 Å². The first-order valence-electron chi connectivity index (χ1n) is 5.29. The summed E-state index contributed by atoms with van der Waals surface area (Å²) in [6.45, 7) is -0.00943. The number of amides is 3. The van der Waals surface area contributed by atoms with Gasteiger partial charge in [0.05, 0.1) is 6.54 Å². The van der Waals surface area contributed by atoms with Crippen molar-refractivity contribution in [3.8, 4) is 0 Å². The average molecular weight is 271 g/mol. The third-order valence-electron chi connectivity index (χ3n) is 2.10. The van der Waals surface area contributed by atoms with E-state index >= 15 is 0 Å². The lowest BCUT2D eigenvalue weighted by atomic mass is 10.1. The molecule has 1 aromatic heterocycles. The molecule has 0 aliphatic heterocycles. The standard InChI is InChI=1S/C9H13N5O5/c10-6(15)2-1-5(8(16)17)13-9(18)11-3-7-12-4-19-14-7/h4-5H,1-3H2,(H2,10,15)(H,16,17)(H2,11,13,18)/t5-/m1/s1. The van der Waals surface area contributed by atoms with Gasteiger partial charge >= 0.3 is 12.0 Å². The van der Waals surface area contributed by atoms with Gasteiger partial charge in [0.2, 0.25) is 12.3 Å². The van der Waals surface area contributed by atoms with Crippen molar-refractivity contribution in [3.63, 3.8) is 0 Å². The van der Waals surface area contributed by atoms with E-state index in [1.54, 1.807) is 0 Å². The number of carboxylic acids is 1. The SMILES string of the molecule is NC(=O)CC[C@@H](NC(=O)NCc1ncon1)C(=O)O. The smallest absolute Gasteiger partial charge is 0.326 e. The molecule has 5 N–H and O–H groups in total. The predicted molar refractivity (Wildman–Crippen MR) is 59.5 cm³/mol. The molecule has 19 heavy (non-hydrogen) atoms. The number of carbonyl (C=O) groups is 3. The maximum atomic E-state index is 11.4. The zero-order valence-electron chi connectivity index (χ0n) is 9.83. The number of aromatic nitrogens is 2. The van der Waals surface area contributed by atoms with Gasteiger partial charge in [-0.2, -0.15) is 4.98 Å². The van der Waals surface area contributed by atoms with Gasteiger partial charge in [-0.1, -0.05) is 5.16 Å². The molecule has 1 heterocycles. The summed E-state index contributed by atoms with van der Waals surface area (Å²) in [5.41, 5.74) is 4.91. The van der Waals surface area contributed by atoms with Crippen molar-refractivity contribution in [2.24, 2.45) is 5.73 Å². The summed E-state index contributed by atoms with van der Waals surface area (Å²) >= 11 is 0. The van der Waals surface area contributed by atoms with E-state index < -0.39 is 23.9 Å². The van der Waals surface area contributed by atoms with Gasteiger partial charge in [-0.25, -0.2) is 9.59 Å². The van der Waals surface area contributed by atoms with Gasteiger partial charge in [-0.3, -0.25) is 4.79 Å². The molecule has 0 bridgehead atoms. The second-order valence-electron chi connectivity index (χ2n) is 3.57. The summed E-state index contributed by atoms with van der Waals surface area (Å²) in [4.78, 5) is 36.5. The summed E-state index contributed by atoms with van der Waals surface area (Å²) in [5.74, 6) is -1.64. The van der Waals surface area contributed by atoms with E-state index in [9.17, 15) is 14.4 Å². The molecule has 0 radical (unpaired) electrons. The van der Waals surface area contributed by atoms with Crippen molar-refractivity contribution in [1.29, 1.82) is 0 Å². The molecule has 1 rings (SSSR count). The number of nitrogens with two attached hydrogens (primary N) is 1. The minimum absolute atomic E-state index is 0.00943. The van der Waals surface area contributed by atoms with Crippen LogP contribution in [-0.4, -0.2) is 39.2 Å². The van der Waals surface area contributed by atoms with E-state index in [4.69, 9.17) is 10.8 Å². The molecule has 10 nitrogen and oxygen atoms in total. The van der Waals surface area contributed by atoms with Crippen molar-refractivity contribution < 1.29 is 24.0 Å². The molecule has 0 fully saturated rings.